The van der Waals surface area contributed by atoms with E-state index in [2.05, 4.69) is 10.3 Å². The van der Waals surface area contributed by atoms with Crippen LogP contribution in [0.15, 0.2) is 24.4 Å². The Morgan fingerprint density at radius 2 is 2.25 bits per heavy atom. The zero-order chi connectivity index (χ0) is 15.0. The van der Waals surface area contributed by atoms with E-state index in [0.29, 0.717) is 6.42 Å². The van der Waals surface area contributed by atoms with Crippen LogP contribution >= 0.6 is 0 Å². The number of ether oxygens (including phenoxy) is 1. The number of amides is 1. The van der Waals surface area contributed by atoms with Crippen molar-refractivity contribution in [1.82, 2.24) is 10.3 Å². The van der Waals surface area contributed by atoms with Crippen LogP contribution in [0.1, 0.15) is 26.0 Å². The molecule has 1 unspecified atom stereocenters. The van der Waals surface area contributed by atoms with Crippen molar-refractivity contribution in [3.63, 3.8) is 0 Å². The molecule has 0 aliphatic heterocycles. The molecule has 1 aromatic rings. The average molecular weight is 275 g/mol. The van der Waals surface area contributed by atoms with Gasteiger partial charge in [-0.05, 0) is 25.5 Å². The summed E-state index contributed by atoms with van der Waals surface area (Å²) in [6.07, 6.45) is 2.12. The van der Waals surface area contributed by atoms with Crippen LogP contribution in [-0.2, 0) is 20.7 Å². The number of carbonyl (C=O) groups excluding carboxylic acids is 2. The Bertz CT molecular complexity index is 510. The van der Waals surface area contributed by atoms with Gasteiger partial charge in [0.15, 0.2) is 0 Å². The smallest absolute Gasteiger partial charge is 0.346 e. The predicted molar refractivity (Wildman–Crippen MR) is 71.4 cm³/mol. The van der Waals surface area contributed by atoms with Crippen LogP contribution in [0, 0.1) is 11.3 Å². The van der Waals surface area contributed by atoms with Gasteiger partial charge >= 0.3 is 5.97 Å². The predicted octanol–water partition coefficient (Wildman–Crippen LogP) is 0.976. The van der Waals surface area contributed by atoms with Gasteiger partial charge in [0.25, 0.3) is 0 Å². The van der Waals surface area contributed by atoms with Gasteiger partial charge in [0.05, 0.1) is 6.61 Å². The molecule has 0 aliphatic rings. The molecule has 0 bridgehead atoms. The van der Waals surface area contributed by atoms with E-state index in [9.17, 15) is 14.9 Å². The molecule has 0 saturated heterocycles. The van der Waals surface area contributed by atoms with E-state index >= 15 is 0 Å². The van der Waals surface area contributed by atoms with E-state index in [1.54, 1.807) is 25.3 Å². The second-order valence-corrected chi connectivity index (χ2v) is 4.24. The molecule has 106 valence electrons. The summed E-state index contributed by atoms with van der Waals surface area (Å²) in [5.41, 5.74) is -0.930. The van der Waals surface area contributed by atoms with Crippen molar-refractivity contribution < 1.29 is 14.3 Å². The highest BCUT2D eigenvalue weighted by atomic mass is 16.5. The lowest BCUT2D eigenvalue weighted by Crippen LogP contribution is -2.54. The van der Waals surface area contributed by atoms with Crippen LogP contribution in [0.2, 0.25) is 0 Å². The Hall–Kier alpha value is -2.42. The zero-order valence-electron chi connectivity index (χ0n) is 11.5. The van der Waals surface area contributed by atoms with Crippen LogP contribution in [0.25, 0.3) is 0 Å². The molecule has 1 heterocycles. The minimum Gasteiger partial charge on any atom is -0.463 e. The molecule has 1 N–H and O–H groups in total. The second kappa shape index (κ2) is 7.24. The van der Waals surface area contributed by atoms with E-state index in [4.69, 9.17) is 4.74 Å². The number of carbonyl (C=O) groups is 2. The molecule has 1 atom stereocenters. The van der Waals surface area contributed by atoms with Crippen molar-refractivity contribution in [1.29, 1.82) is 5.26 Å². The van der Waals surface area contributed by atoms with Crippen LogP contribution in [-0.4, -0.2) is 29.0 Å². The van der Waals surface area contributed by atoms with Gasteiger partial charge < -0.3 is 10.1 Å². The number of nitriles is 1. The van der Waals surface area contributed by atoms with Crippen molar-refractivity contribution >= 4 is 11.9 Å². The lowest BCUT2D eigenvalue weighted by molar-refractivity contribution is -0.150. The molecule has 0 saturated carbocycles. The highest BCUT2D eigenvalue weighted by Crippen LogP contribution is 2.15. The fourth-order valence-corrected chi connectivity index (χ4v) is 1.76. The fraction of sp³-hybridized carbons (Fsp3) is 0.429. The first-order valence-electron chi connectivity index (χ1n) is 6.31. The molecule has 6 nitrogen and oxygen atoms in total. The van der Waals surface area contributed by atoms with E-state index in [-0.39, 0.29) is 13.0 Å². The lowest BCUT2D eigenvalue weighted by atomic mass is 9.93. The molecule has 0 spiro atoms. The number of hydrogen-bond donors (Lipinski definition) is 1. The first kappa shape index (κ1) is 15.6. The molecular formula is C14H17N3O3. The van der Waals surface area contributed by atoms with Gasteiger partial charge in [0.2, 0.25) is 11.4 Å². The molecule has 20 heavy (non-hydrogen) atoms. The SMILES string of the molecule is CCOC(=O)C(C#N)(CCc1ccccn1)NC(C)=O. The van der Waals surface area contributed by atoms with Gasteiger partial charge in [-0.3, -0.25) is 9.78 Å². The number of aryl methyl sites for hydroxylation is 1. The van der Waals surface area contributed by atoms with Gasteiger partial charge in [0, 0.05) is 25.2 Å². The van der Waals surface area contributed by atoms with E-state index < -0.39 is 17.4 Å². The first-order valence-corrected chi connectivity index (χ1v) is 6.31. The summed E-state index contributed by atoms with van der Waals surface area (Å²) in [6, 6.07) is 7.26. The Morgan fingerprint density at radius 3 is 2.75 bits per heavy atom. The van der Waals surface area contributed by atoms with Crippen molar-refractivity contribution in [2.75, 3.05) is 6.61 Å². The Morgan fingerprint density at radius 1 is 1.50 bits per heavy atom. The standard InChI is InChI=1S/C14H17N3O3/c1-3-20-13(19)14(10-15,17-11(2)18)8-7-12-6-4-5-9-16-12/h4-6,9H,3,7-8H2,1-2H3,(H,17,18). The third-order valence-corrected chi connectivity index (χ3v) is 2.69. The Balaban J connectivity index is 2.89. The van der Waals surface area contributed by atoms with Crippen LogP contribution in [0.5, 0.6) is 0 Å². The molecular weight excluding hydrogens is 258 g/mol. The molecule has 0 aromatic carbocycles. The van der Waals surface area contributed by atoms with Gasteiger partial charge in [-0.15, -0.1) is 0 Å². The van der Waals surface area contributed by atoms with E-state index in [1.807, 2.05) is 12.1 Å². The molecule has 1 aromatic heterocycles. The van der Waals surface area contributed by atoms with Crippen LogP contribution < -0.4 is 5.32 Å². The number of pyridine rings is 1. The van der Waals surface area contributed by atoms with Crippen molar-refractivity contribution in [2.45, 2.75) is 32.2 Å². The fourth-order valence-electron chi connectivity index (χ4n) is 1.76. The monoisotopic (exact) mass is 275 g/mol. The number of hydrogen-bond acceptors (Lipinski definition) is 5. The third kappa shape index (κ3) is 4.05. The highest BCUT2D eigenvalue weighted by molar-refractivity contribution is 5.90. The molecule has 1 amide bonds. The minimum atomic E-state index is -1.67. The molecule has 6 heteroatoms. The second-order valence-electron chi connectivity index (χ2n) is 4.24. The number of nitrogens with zero attached hydrogens (tertiary/aromatic N) is 2. The summed E-state index contributed by atoms with van der Waals surface area (Å²) in [6.45, 7) is 3.05. The summed E-state index contributed by atoms with van der Waals surface area (Å²) in [7, 11) is 0. The Kier molecular flexibility index (Phi) is 5.66. The number of nitrogens with one attached hydrogen (secondary N) is 1. The van der Waals surface area contributed by atoms with Crippen molar-refractivity contribution in [2.24, 2.45) is 0 Å². The van der Waals surface area contributed by atoms with Gasteiger partial charge in [-0.2, -0.15) is 5.26 Å². The number of rotatable bonds is 6. The summed E-state index contributed by atoms with van der Waals surface area (Å²) < 4.78 is 4.89. The van der Waals surface area contributed by atoms with Gasteiger partial charge in [0.1, 0.15) is 6.07 Å². The first-order chi connectivity index (χ1) is 9.54. The van der Waals surface area contributed by atoms with E-state index in [1.165, 1.54) is 6.92 Å². The molecule has 0 aliphatic carbocycles. The maximum atomic E-state index is 12.0. The lowest BCUT2D eigenvalue weighted by Gasteiger charge is -2.24. The van der Waals surface area contributed by atoms with Gasteiger partial charge in [-0.25, -0.2) is 4.79 Å². The Labute approximate surface area is 117 Å². The maximum absolute atomic E-state index is 12.0. The molecule has 0 fully saturated rings. The summed E-state index contributed by atoms with van der Waals surface area (Å²) in [5.74, 6) is -1.20. The van der Waals surface area contributed by atoms with Crippen LogP contribution in [0.3, 0.4) is 0 Å². The molecule has 1 rings (SSSR count). The largest absolute Gasteiger partial charge is 0.463 e. The maximum Gasteiger partial charge on any atom is 0.346 e. The summed E-state index contributed by atoms with van der Waals surface area (Å²) in [5, 5.41) is 11.7. The normalized spacial score (nSPS) is 12.8. The van der Waals surface area contributed by atoms with Gasteiger partial charge in [-0.1, -0.05) is 6.07 Å². The summed E-state index contributed by atoms with van der Waals surface area (Å²) >= 11 is 0. The van der Waals surface area contributed by atoms with E-state index in [0.717, 1.165) is 5.69 Å². The third-order valence-electron chi connectivity index (χ3n) is 2.69. The quantitative estimate of drug-likeness (QED) is 0.781. The topological polar surface area (TPSA) is 92.1 Å². The van der Waals surface area contributed by atoms with Crippen molar-refractivity contribution in [3.05, 3.63) is 30.1 Å². The average Bonchev–Trinajstić information content (AvgIpc) is 2.44. The van der Waals surface area contributed by atoms with Crippen molar-refractivity contribution in [3.8, 4) is 6.07 Å². The zero-order valence-corrected chi connectivity index (χ0v) is 11.5. The number of aromatic nitrogens is 1. The van der Waals surface area contributed by atoms with Crippen LogP contribution in [0.4, 0.5) is 0 Å². The number of esters is 1. The highest BCUT2D eigenvalue weighted by Gasteiger charge is 2.41. The molecule has 0 radical (unpaired) electrons. The summed E-state index contributed by atoms with van der Waals surface area (Å²) in [4.78, 5) is 27.4. The minimum absolute atomic E-state index is 0.110.